The Kier molecular flexibility index (Phi) is 4.23. The fourth-order valence-electron chi connectivity index (χ4n) is 1.49. The number of hydrogen-bond acceptors (Lipinski definition) is 3. The molecule has 1 aromatic rings. The maximum absolute atomic E-state index is 11.8. The van der Waals surface area contributed by atoms with Crippen molar-refractivity contribution in [1.29, 1.82) is 0 Å². The van der Waals surface area contributed by atoms with Crippen LogP contribution in [0, 0.1) is 6.92 Å². The Labute approximate surface area is 99.8 Å². The minimum atomic E-state index is -1.17. The Bertz CT molecular complexity index is 432. The van der Waals surface area contributed by atoms with Gasteiger partial charge in [-0.15, -0.1) is 0 Å². The van der Waals surface area contributed by atoms with Crippen molar-refractivity contribution < 1.29 is 14.7 Å². The van der Waals surface area contributed by atoms with E-state index in [9.17, 15) is 9.59 Å². The van der Waals surface area contributed by atoms with Gasteiger partial charge in [-0.3, -0.25) is 9.59 Å². The van der Waals surface area contributed by atoms with Gasteiger partial charge in [-0.1, -0.05) is 18.2 Å². The molecule has 0 aromatic heterocycles. The Hall–Kier alpha value is -1.88. The molecule has 1 atom stereocenters. The van der Waals surface area contributed by atoms with Crippen LogP contribution in [0.2, 0.25) is 0 Å². The Balaban J connectivity index is 2.77. The minimum Gasteiger partial charge on any atom is -0.480 e. The molecule has 1 aromatic carbocycles. The zero-order valence-electron chi connectivity index (χ0n) is 9.88. The summed E-state index contributed by atoms with van der Waals surface area (Å²) >= 11 is 0. The number of carbonyl (C=O) groups is 2. The number of anilines is 1. The van der Waals surface area contributed by atoms with Gasteiger partial charge in [0.25, 0.3) is 0 Å². The van der Waals surface area contributed by atoms with Crippen molar-refractivity contribution in [1.82, 2.24) is 0 Å². The predicted molar refractivity (Wildman–Crippen MR) is 64.8 cm³/mol. The maximum atomic E-state index is 11.8. The van der Waals surface area contributed by atoms with Gasteiger partial charge in [-0.25, -0.2) is 0 Å². The van der Waals surface area contributed by atoms with E-state index >= 15 is 0 Å². The third-order valence-electron chi connectivity index (χ3n) is 2.56. The second kappa shape index (κ2) is 5.45. The number of aliphatic carboxylic acids is 1. The van der Waals surface area contributed by atoms with Crippen molar-refractivity contribution in [3.8, 4) is 0 Å². The third kappa shape index (κ3) is 3.29. The fourth-order valence-corrected chi connectivity index (χ4v) is 1.49. The summed E-state index contributed by atoms with van der Waals surface area (Å²) in [6.07, 6.45) is -0.208. The lowest BCUT2D eigenvalue weighted by Crippen LogP contribution is -2.38. The molecule has 0 aliphatic heterocycles. The lowest BCUT2D eigenvalue weighted by Gasteiger charge is -2.20. The predicted octanol–water partition coefficient (Wildman–Crippen LogP) is 0.760. The van der Waals surface area contributed by atoms with Crippen LogP contribution in [0.25, 0.3) is 0 Å². The normalized spacial score (nSPS) is 11.9. The highest BCUT2D eigenvalue weighted by Gasteiger charge is 2.20. The van der Waals surface area contributed by atoms with Crippen LogP contribution < -0.4 is 10.6 Å². The summed E-state index contributed by atoms with van der Waals surface area (Å²) in [6, 6.07) is 6.23. The van der Waals surface area contributed by atoms with Crippen molar-refractivity contribution in [2.45, 2.75) is 19.4 Å². The molecule has 0 bridgehead atoms. The van der Waals surface area contributed by atoms with Crippen LogP contribution in [0.4, 0.5) is 5.69 Å². The molecule has 17 heavy (non-hydrogen) atoms. The zero-order valence-corrected chi connectivity index (χ0v) is 9.88. The van der Waals surface area contributed by atoms with Crippen molar-refractivity contribution in [3.63, 3.8) is 0 Å². The summed E-state index contributed by atoms with van der Waals surface area (Å²) in [6.45, 7) is 1.89. The van der Waals surface area contributed by atoms with Gasteiger partial charge in [0.15, 0.2) is 0 Å². The summed E-state index contributed by atoms with van der Waals surface area (Å²) < 4.78 is 0. The van der Waals surface area contributed by atoms with E-state index in [1.165, 1.54) is 4.90 Å². The van der Waals surface area contributed by atoms with Gasteiger partial charge >= 0.3 is 5.97 Å². The van der Waals surface area contributed by atoms with Gasteiger partial charge in [-0.05, 0) is 18.6 Å². The quantitative estimate of drug-likeness (QED) is 0.808. The molecule has 1 amide bonds. The van der Waals surface area contributed by atoms with Crippen LogP contribution in [0.3, 0.4) is 0 Å². The molecule has 3 N–H and O–H groups in total. The van der Waals surface area contributed by atoms with E-state index in [2.05, 4.69) is 0 Å². The Morgan fingerprint density at radius 3 is 2.53 bits per heavy atom. The standard InChI is InChI=1S/C12H16N2O3/c1-8-5-3-4-6-10(8)14(2)11(15)7-9(13)12(16)17/h3-6,9H,7,13H2,1-2H3,(H,16,17). The van der Waals surface area contributed by atoms with Crippen molar-refractivity contribution in [3.05, 3.63) is 29.8 Å². The van der Waals surface area contributed by atoms with Gasteiger partial charge in [0.1, 0.15) is 6.04 Å². The molecule has 92 valence electrons. The van der Waals surface area contributed by atoms with E-state index in [1.54, 1.807) is 13.1 Å². The number of para-hydroxylation sites is 1. The third-order valence-corrected chi connectivity index (χ3v) is 2.56. The number of benzene rings is 1. The molecule has 0 fully saturated rings. The first-order valence-electron chi connectivity index (χ1n) is 5.24. The second-order valence-electron chi connectivity index (χ2n) is 3.89. The average molecular weight is 236 g/mol. The van der Waals surface area contributed by atoms with Crippen LogP contribution >= 0.6 is 0 Å². The molecule has 0 radical (unpaired) electrons. The Morgan fingerprint density at radius 1 is 1.41 bits per heavy atom. The second-order valence-corrected chi connectivity index (χ2v) is 3.89. The first-order chi connectivity index (χ1) is 7.93. The fraction of sp³-hybridized carbons (Fsp3) is 0.333. The SMILES string of the molecule is Cc1ccccc1N(C)C(=O)CC(N)C(=O)O. The van der Waals surface area contributed by atoms with E-state index in [-0.39, 0.29) is 12.3 Å². The highest BCUT2D eigenvalue weighted by Crippen LogP contribution is 2.18. The lowest BCUT2D eigenvalue weighted by atomic mass is 10.1. The molecule has 5 nitrogen and oxygen atoms in total. The minimum absolute atomic E-state index is 0.208. The van der Waals surface area contributed by atoms with Gasteiger partial charge in [0.2, 0.25) is 5.91 Å². The van der Waals surface area contributed by atoms with Crippen LogP contribution in [0.5, 0.6) is 0 Å². The summed E-state index contributed by atoms with van der Waals surface area (Å²) in [5.41, 5.74) is 7.03. The summed E-state index contributed by atoms with van der Waals surface area (Å²) in [5, 5.41) is 8.64. The van der Waals surface area contributed by atoms with E-state index in [0.29, 0.717) is 0 Å². The summed E-state index contributed by atoms with van der Waals surface area (Å²) in [7, 11) is 1.61. The van der Waals surface area contributed by atoms with Gasteiger partial charge in [0, 0.05) is 12.7 Å². The van der Waals surface area contributed by atoms with Crippen molar-refractivity contribution in [2.24, 2.45) is 5.73 Å². The molecule has 5 heteroatoms. The number of rotatable bonds is 4. The molecule has 0 saturated carbocycles. The molecule has 1 rings (SSSR count). The number of nitrogens with zero attached hydrogens (tertiary/aromatic N) is 1. The molecule has 1 unspecified atom stereocenters. The van der Waals surface area contributed by atoms with Crippen LogP contribution in [0.15, 0.2) is 24.3 Å². The van der Waals surface area contributed by atoms with E-state index in [1.807, 2.05) is 25.1 Å². The number of nitrogens with two attached hydrogens (primary N) is 1. The van der Waals surface area contributed by atoms with Crippen LogP contribution in [0.1, 0.15) is 12.0 Å². The number of hydrogen-bond donors (Lipinski definition) is 2. The maximum Gasteiger partial charge on any atom is 0.321 e. The lowest BCUT2D eigenvalue weighted by molar-refractivity contribution is -0.140. The van der Waals surface area contributed by atoms with Crippen molar-refractivity contribution in [2.75, 3.05) is 11.9 Å². The molecule has 0 saturated heterocycles. The van der Waals surface area contributed by atoms with Crippen LogP contribution in [-0.2, 0) is 9.59 Å². The number of carbonyl (C=O) groups excluding carboxylic acids is 1. The summed E-state index contributed by atoms with van der Waals surface area (Å²) in [5.74, 6) is -1.48. The first-order valence-corrected chi connectivity index (χ1v) is 5.24. The monoisotopic (exact) mass is 236 g/mol. The average Bonchev–Trinajstić information content (AvgIpc) is 2.28. The number of carboxylic acid groups (broad SMARTS) is 1. The van der Waals surface area contributed by atoms with E-state index in [0.717, 1.165) is 11.3 Å². The molecule has 0 spiro atoms. The number of aryl methyl sites for hydroxylation is 1. The van der Waals surface area contributed by atoms with Crippen molar-refractivity contribution >= 4 is 17.6 Å². The van der Waals surface area contributed by atoms with Gasteiger partial charge in [-0.2, -0.15) is 0 Å². The smallest absolute Gasteiger partial charge is 0.321 e. The van der Waals surface area contributed by atoms with E-state index < -0.39 is 12.0 Å². The highest BCUT2D eigenvalue weighted by molar-refractivity contribution is 5.96. The van der Waals surface area contributed by atoms with Crippen LogP contribution in [-0.4, -0.2) is 30.1 Å². The Morgan fingerprint density at radius 2 is 2.00 bits per heavy atom. The highest BCUT2D eigenvalue weighted by atomic mass is 16.4. The molecular weight excluding hydrogens is 220 g/mol. The largest absolute Gasteiger partial charge is 0.480 e. The zero-order chi connectivity index (χ0) is 13.0. The van der Waals surface area contributed by atoms with Gasteiger partial charge < -0.3 is 15.7 Å². The number of amides is 1. The molecule has 0 aliphatic carbocycles. The topological polar surface area (TPSA) is 83.6 Å². The number of carboxylic acids is 1. The van der Waals surface area contributed by atoms with Gasteiger partial charge in [0.05, 0.1) is 6.42 Å². The molecular formula is C12H16N2O3. The summed E-state index contributed by atoms with van der Waals surface area (Å²) in [4.78, 5) is 23.8. The molecule has 0 heterocycles. The van der Waals surface area contributed by atoms with E-state index in [4.69, 9.17) is 10.8 Å². The first kappa shape index (κ1) is 13.2. The molecule has 0 aliphatic rings.